The van der Waals surface area contributed by atoms with Crippen LogP contribution in [0, 0.1) is 0 Å². The van der Waals surface area contributed by atoms with Crippen LogP contribution in [0.25, 0.3) is 22.3 Å². The number of aromatic amines is 1. The Hall–Kier alpha value is -1.94. The molecule has 4 rings (SSSR count). The molecule has 0 unspecified atom stereocenters. The van der Waals surface area contributed by atoms with Crippen molar-refractivity contribution in [2.45, 2.75) is 18.8 Å². The van der Waals surface area contributed by atoms with Crippen LogP contribution in [0.4, 0.5) is 0 Å². The summed E-state index contributed by atoms with van der Waals surface area (Å²) >= 11 is 6.10. The Balaban J connectivity index is 1.89. The molecule has 0 spiro atoms. The number of fused-ring (bicyclic) bond motifs is 1. The van der Waals surface area contributed by atoms with Crippen molar-refractivity contribution in [3.63, 3.8) is 0 Å². The maximum absolute atomic E-state index is 6.10. The minimum Gasteiger partial charge on any atom is -0.285 e. The fourth-order valence-electron chi connectivity index (χ4n) is 2.31. The molecule has 0 aliphatic heterocycles. The number of benzene rings is 1. The molecule has 1 aliphatic rings. The van der Waals surface area contributed by atoms with E-state index in [1.807, 2.05) is 24.4 Å². The Morgan fingerprint density at radius 3 is 3.00 bits per heavy atom. The summed E-state index contributed by atoms with van der Waals surface area (Å²) in [7, 11) is 0. The minimum atomic E-state index is 0.582. The van der Waals surface area contributed by atoms with Gasteiger partial charge in [-0.3, -0.25) is 10.1 Å². The lowest BCUT2D eigenvalue weighted by molar-refractivity contribution is 0.965. The van der Waals surface area contributed by atoms with E-state index < -0.39 is 0 Å². The second kappa shape index (κ2) is 4.03. The van der Waals surface area contributed by atoms with E-state index >= 15 is 0 Å². The molecule has 0 radical (unpaired) electrons. The van der Waals surface area contributed by atoms with Gasteiger partial charge < -0.3 is 0 Å². The van der Waals surface area contributed by atoms with Crippen LogP contribution in [0.1, 0.15) is 24.5 Å². The standard InChI is InChI=1S/C14H11ClN4/c15-10-2-1-3-11-14(10)16-7-12(18-11)9-6-17-19-13(9)8-4-5-8/h1-3,6-8H,4-5H2,(H,17,19). The van der Waals surface area contributed by atoms with Crippen LogP contribution >= 0.6 is 11.6 Å². The van der Waals surface area contributed by atoms with Gasteiger partial charge in [-0.2, -0.15) is 5.10 Å². The summed E-state index contributed by atoms with van der Waals surface area (Å²) < 4.78 is 0. The molecule has 5 heteroatoms. The smallest absolute Gasteiger partial charge is 0.107 e. The lowest BCUT2D eigenvalue weighted by Gasteiger charge is -2.03. The minimum absolute atomic E-state index is 0.582. The molecule has 94 valence electrons. The van der Waals surface area contributed by atoms with Gasteiger partial charge in [-0.1, -0.05) is 17.7 Å². The van der Waals surface area contributed by atoms with Gasteiger partial charge in [0.1, 0.15) is 5.52 Å². The van der Waals surface area contributed by atoms with Crippen molar-refractivity contribution in [2.75, 3.05) is 0 Å². The van der Waals surface area contributed by atoms with Crippen LogP contribution in [0.5, 0.6) is 0 Å². The first-order valence-corrected chi connectivity index (χ1v) is 6.66. The van der Waals surface area contributed by atoms with E-state index in [0.29, 0.717) is 10.9 Å². The second-order valence-corrected chi connectivity index (χ2v) is 5.23. The van der Waals surface area contributed by atoms with Crippen molar-refractivity contribution in [2.24, 2.45) is 0 Å². The molecule has 19 heavy (non-hydrogen) atoms. The molecular weight excluding hydrogens is 260 g/mol. The van der Waals surface area contributed by atoms with Crippen LogP contribution in [-0.4, -0.2) is 20.2 Å². The zero-order valence-electron chi connectivity index (χ0n) is 10.1. The lowest BCUT2D eigenvalue weighted by atomic mass is 10.1. The summed E-state index contributed by atoms with van der Waals surface area (Å²) in [6.07, 6.45) is 6.09. The van der Waals surface area contributed by atoms with Gasteiger partial charge in [-0.15, -0.1) is 0 Å². The number of para-hydroxylation sites is 1. The van der Waals surface area contributed by atoms with Gasteiger partial charge in [0.05, 0.1) is 28.1 Å². The molecule has 0 atom stereocenters. The van der Waals surface area contributed by atoms with E-state index in [-0.39, 0.29) is 0 Å². The van der Waals surface area contributed by atoms with Crippen molar-refractivity contribution < 1.29 is 0 Å². The van der Waals surface area contributed by atoms with Crippen molar-refractivity contribution in [3.8, 4) is 11.3 Å². The number of rotatable bonds is 2. The first-order chi connectivity index (χ1) is 9.33. The summed E-state index contributed by atoms with van der Waals surface area (Å²) in [6, 6.07) is 5.64. The number of nitrogens with one attached hydrogen (secondary N) is 1. The van der Waals surface area contributed by atoms with Crippen LogP contribution in [0.15, 0.2) is 30.6 Å². The Bertz CT molecular complexity index is 761. The quantitative estimate of drug-likeness (QED) is 0.775. The molecule has 0 amide bonds. The first-order valence-electron chi connectivity index (χ1n) is 6.28. The van der Waals surface area contributed by atoms with Crippen LogP contribution in [-0.2, 0) is 0 Å². The average Bonchev–Trinajstić information content (AvgIpc) is 3.16. The maximum atomic E-state index is 6.10. The highest BCUT2D eigenvalue weighted by Gasteiger charge is 2.29. The maximum Gasteiger partial charge on any atom is 0.107 e. The number of hydrogen-bond donors (Lipinski definition) is 1. The van der Waals surface area contributed by atoms with Crippen molar-refractivity contribution >= 4 is 22.6 Å². The lowest BCUT2D eigenvalue weighted by Crippen LogP contribution is -1.91. The van der Waals surface area contributed by atoms with E-state index in [9.17, 15) is 0 Å². The molecule has 0 saturated heterocycles. The van der Waals surface area contributed by atoms with Crippen molar-refractivity contribution in [1.29, 1.82) is 0 Å². The normalized spacial score (nSPS) is 15.0. The zero-order chi connectivity index (χ0) is 12.8. The molecule has 1 aromatic carbocycles. The Labute approximate surface area is 114 Å². The summed E-state index contributed by atoms with van der Waals surface area (Å²) in [5.41, 5.74) is 4.57. The predicted octanol–water partition coefficient (Wildman–Crippen LogP) is 3.55. The Morgan fingerprint density at radius 2 is 2.16 bits per heavy atom. The van der Waals surface area contributed by atoms with Gasteiger partial charge in [0.2, 0.25) is 0 Å². The molecule has 2 aromatic heterocycles. The summed E-state index contributed by atoms with van der Waals surface area (Å²) in [5, 5.41) is 7.90. The Kier molecular flexibility index (Phi) is 2.32. The highest BCUT2D eigenvalue weighted by molar-refractivity contribution is 6.34. The van der Waals surface area contributed by atoms with Gasteiger partial charge in [0, 0.05) is 17.7 Å². The zero-order valence-corrected chi connectivity index (χ0v) is 10.9. The van der Waals surface area contributed by atoms with E-state index in [4.69, 9.17) is 11.6 Å². The van der Waals surface area contributed by atoms with Crippen molar-refractivity contribution in [3.05, 3.63) is 41.3 Å². The predicted molar refractivity (Wildman–Crippen MR) is 74.1 cm³/mol. The molecule has 2 heterocycles. The molecule has 1 aliphatic carbocycles. The largest absolute Gasteiger partial charge is 0.285 e. The van der Waals surface area contributed by atoms with Gasteiger partial charge >= 0.3 is 0 Å². The molecule has 4 nitrogen and oxygen atoms in total. The van der Waals surface area contributed by atoms with E-state index in [0.717, 1.165) is 28.0 Å². The summed E-state index contributed by atoms with van der Waals surface area (Å²) in [5.74, 6) is 0.582. The molecule has 0 bridgehead atoms. The molecule has 1 fully saturated rings. The number of nitrogens with zero attached hydrogens (tertiary/aromatic N) is 3. The third-order valence-corrected chi connectivity index (χ3v) is 3.74. The van der Waals surface area contributed by atoms with Crippen LogP contribution < -0.4 is 0 Å². The SMILES string of the molecule is Clc1cccc2nc(-c3c[nH]nc3C3CC3)cnc12. The van der Waals surface area contributed by atoms with E-state index in [2.05, 4.69) is 20.2 Å². The number of halogens is 1. The van der Waals surface area contributed by atoms with Crippen LogP contribution in [0.2, 0.25) is 5.02 Å². The topological polar surface area (TPSA) is 54.5 Å². The van der Waals surface area contributed by atoms with E-state index in [1.165, 1.54) is 12.8 Å². The monoisotopic (exact) mass is 270 g/mol. The Morgan fingerprint density at radius 1 is 1.26 bits per heavy atom. The summed E-state index contributed by atoms with van der Waals surface area (Å²) in [4.78, 5) is 9.06. The van der Waals surface area contributed by atoms with Gasteiger partial charge in [0.25, 0.3) is 0 Å². The highest BCUT2D eigenvalue weighted by atomic mass is 35.5. The molecule has 3 aromatic rings. The van der Waals surface area contributed by atoms with Gasteiger partial charge in [0.15, 0.2) is 0 Å². The highest BCUT2D eigenvalue weighted by Crippen LogP contribution is 2.42. The number of H-pyrrole nitrogens is 1. The third kappa shape index (κ3) is 1.79. The molecule has 1 saturated carbocycles. The summed E-state index contributed by atoms with van der Waals surface area (Å²) in [6.45, 7) is 0. The fraction of sp³-hybridized carbons (Fsp3) is 0.214. The number of hydrogen-bond acceptors (Lipinski definition) is 3. The first kappa shape index (κ1) is 10.9. The second-order valence-electron chi connectivity index (χ2n) is 4.82. The molecule has 1 N–H and O–H groups in total. The van der Waals surface area contributed by atoms with E-state index in [1.54, 1.807) is 6.20 Å². The fourth-order valence-corrected chi connectivity index (χ4v) is 2.53. The third-order valence-electron chi connectivity index (χ3n) is 3.43. The van der Waals surface area contributed by atoms with Gasteiger partial charge in [-0.05, 0) is 25.0 Å². The van der Waals surface area contributed by atoms with Crippen molar-refractivity contribution in [1.82, 2.24) is 20.2 Å². The average molecular weight is 271 g/mol. The molecular formula is C14H11ClN4. The van der Waals surface area contributed by atoms with Crippen LogP contribution in [0.3, 0.4) is 0 Å². The van der Waals surface area contributed by atoms with Gasteiger partial charge in [-0.25, -0.2) is 4.98 Å². The number of aromatic nitrogens is 4.